The molecule has 100 valence electrons. The van der Waals surface area contributed by atoms with Crippen molar-refractivity contribution in [3.8, 4) is 0 Å². The van der Waals surface area contributed by atoms with Crippen LogP contribution < -0.4 is 5.32 Å². The van der Waals surface area contributed by atoms with Crippen molar-refractivity contribution in [2.75, 3.05) is 0 Å². The summed E-state index contributed by atoms with van der Waals surface area (Å²) in [5, 5.41) is 2.03. The van der Waals surface area contributed by atoms with Gasteiger partial charge in [-0.15, -0.1) is 0 Å². The van der Waals surface area contributed by atoms with E-state index in [-0.39, 0.29) is 5.56 Å². The average Bonchev–Trinajstić information content (AvgIpc) is 2.25. The summed E-state index contributed by atoms with van der Waals surface area (Å²) in [6.45, 7) is 4.90. The van der Waals surface area contributed by atoms with Crippen molar-refractivity contribution < 1.29 is 18.0 Å². The van der Waals surface area contributed by atoms with Gasteiger partial charge in [0.25, 0.3) is 0 Å². The normalized spacial score (nSPS) is 13.5. The van der Waals surface area contributed by atoms with Crippen molar-refractivity contribution >= 4 is 5.91 Å². The maximum absolute atomic E-state index is 12.9. The van der Waals surface area contributed by atoms with Crippen molar-refractivity contribution in [2.45, 2.75) is 33.0 Å². The summed E-state index contributed by atoms with van der Waals surface area (Å²) in [5.74, 6) is -1.10. The Morgan fingerprint density at radius 3 is 2.06 bits per heavy atom. The predicted octanol–water partition coefficient (Wildman–Crippen LogP) is 3.37. The lowest BCUT2D eigenvalue weighted by molar-refractivity contribution is -0.164. The van der Waals surface area contributed by atoms with Crippen LogP contribution >= 0.6 is 0 Å². The fourth-order valence-corrected chi connectivity index (χ4v) is 1.42. The molecule has 0 saturated carbocycles. The second kappa shape index (κ2) is 5.42. The highest BCUT2D eigenvalue weighted by molar-refractivity contribution is 5.78. The third-order valence-corrected chi connectivity index (χ3v) is 2.55. The maximum Gasteiger partial charge on any atom is 0.412 e. The van der Waals surface area contributed by atoms with Gasteiger partial charge in [-0.3, -0.25) is 4.79 Å². The first-order chi connectivity index (χ1) is 8.21. The van der Waals surface area contributed by atoms with E-state index >= 15 is 0 Å². The van der Waals surface area contributed by atoms with E-state index in [2.05, 4.69) is 0 Å². The fraction of sp³-hybridized carbons (Fsp3) is 0.462. The zero-order valence-corrected chi connectivity index (χ0v) is 10.5. The number of amides is 1. The molecule has 0 aliphatic carbocycles. The summed E-state index contributed by atoms with van der Waals surface area (Å²) in [5.41, 5.74) is 0.914. The lowest BCUT2D eigenvalue weighted by Gasteiger charge is -2.23. The average molecular weight is 259 g/mol. The molecule has 1 N–H and O–H groups in total. The largest absolute Gasteiger partial charge is 0.412 e. The number of hydrogen-bond acceptors (Lipinski definition) is 1. The van der Waals surface area contributed by atoms with Crippen LogP contribution in [-0.2, 0) is 4.79 Å². The number of carbonyl (C=O) groups is 1. The van der Waals surface area contributed by atoms with Gasteiger partial charge in [-0.2, -0.15) is 13.2 Å². The second-order valence-electron chi connectivity index (χ2n) is 4.55. The molecule has 18 heavy (non-hydrogen) atoms. The minimum atomic E-state index is -4.50. The second-order valence-corrected chi connectivity index (χ2v) is 4.55. The van der Waals surface area contributed by atoms with Crippen molar-refractivity contribution in [2.24, 2.45) is 5.92 Å². The zero-order chi connectivity index (χ0) is 13.9. The third kappa shape index (κ3) is 3.75. The predicted molar refractivity (Wildman–Crippen MR) is 63.0 cm³/mol. The highest BCUT2D eigenvalue weighted by Crippen LogP contribution is 2.32. The molecular formula is C13H16F3NO. The maximum atomic E-state index is 12.9. The van der Waals surface area contributed by atoms with Crippen LogP contribution in [0.1, 0.15) is 31.0 Å². The van der Waals surface area contributed by atoms with E-state index in [1.165, 1.54) is 12.1 Å². The molecular weight excluding hydrogens is 243 g/mol. The van der Waals surface area contributed by atoms with Gasteiger partial charge in [0.15, 0.2) is 6.04 Å². The summed E-state index contributed by atoms with van der Waals surface area (Å²) in [6, 6.07) is 4.00. The number of rotatable bonds is 3. The molecule has 1 unspecified atom stereocenters. The summed E-state index contributed by atoms with van der Waals surface area (Å²) >= 11 is 0. The molecule has 0 saturated heterocycles. The van der Waals surface area contributed by atoms with Gasteiger partial charge in [0.1, 0.15) is 0 Å². The minimum absolute atomic E-state index is 0.0436. The van der Waals surface area contributed by atoms with Crippen molar-refractivity contribution in [3.05, 3.63) is 35.4 Å². The van der Waals surface area contributed by atoms with Crippen LogP contribution in [-0.4, -0.2) is 12.1 Å². The van der Waals surface area contributed by atoms with E-state index in [4.69, 9.17) is 0 Å². The first kappa shape index (κ1) is 14.5. The highest BCUT2D eigenvalue weighted by atomic mass is 19.4. The van der Waals surface area contributed by atoms with Gasteiger partial charge in [0, 0.05) is 5.92 Å². The lowest BCUT2D eigenvalue weighted by atomic mass is 10.0. The lowest BCUT2D eigenvalue weighted by Crippen LogP contribution is -2.40. The monoisotopic (exact) mass is 259 g/mol. The Balaban J connectivity index is 2.99. The molecule has 0 aromatic heterocycles. The van der Waals surface area contributed by atoms with Crippen molar-refractivity contribution in [3.63, 3.8) is 0 Å². The minimum Gasteiger partial charge on any atom is -0.341 e. The summed E-state index contributed by atoms with van der Waals surface area (Å²) in [7, 11) is 0. The molecule has 1 rings (SSSR count). The van der Waals surface area contributed by atoms with Gasteiger partial charge in [-0.1, -0.05) is 43.7 Å². The number of carbonyl (C=O) groups excluding carboxylic acids is 1. The van der Waals surface area contributed by atoms with Crippen LogP contribution in [0.25, 0.3) is 0 Å². The van der Waals surface area contributed by atoms with E-state index in [9.17, 15) is 18.0 Å². The van der Waals surface area contributed by atoms with Crippen LogP contribution in [0, 0.1) is 12.8 Å². The molecule has 0 aliphatic rings. The van der Waals surface area contributed by atoms with Gasteiger partial charge in [-0.25, -0.2) is 0 Å². The van der Waals surface area contributed by atoms with Gasteiger partial charge >= 0.3 is 6.18 Å². The Hall–Kier alpha value is -1.52. The number of halogens is 3. The molecule has 1 aromatic rings. The van der Waals surface area contributed by atoms with Gasteiger partial charge in [-0.05, 0) is 12.5 Å². The Morgan fingerprint density at radius 1 is 1.17 bits per heavy atom. The Kier molecular flexibility index (Phi) is 4.38. The summed E-state index contributed by atoms with van der Waals surface area (Å²) in [6.07, 6.45) is -4.50. The molecule has 0 bridgehead atoms. The Labute approximate surface area is 104 Å². The van der Waals surface area contributed by atoms with Crippen LogP contribution in [0.4, 0.5) is 13.2 Å². The third-order valence-electron chi connectivity index (χ3n) is 2.55. The topological polar surface area (TPSA) is 29.1 Å². The molecule has 1 amide bonds. The van der Waals surface area contributed by atoms with E-state index in [1.54, 1.807) is 32.9 Å². The highest BCUT2D eigenvalue weighted by Gasteiger charge is 2.41. The van der Waals surface area contributed by atoms with Crippen LogP contribution in [0.15, 0.2) is 24.3 Å². The molecule has 2 nitrogen and oxygen atoms in total. The fourth-order valence-electron chi connectivity index (χ4n) is 1.42. The van der Waals surface area contributed by atoms with E-state index < -0.39 is 24.0 Å². The van der Waals surface area contributed by atoms with Crippen LogP contribution in [0.2, 0.25) is 0 Å². The molecule has 0 radical (unpaired) electrons. The number of benzene rings is 1. The standard InChI is InChI=1S/C13H16F3NO/c1-8(2)12(18)17-11(13(14,15)16)10-6-4-9(3)5-7-10/h4-8,11H,1-3H3,(H,17,18). The van der Waals surface area contributed by atoms with Gasteiger partial charge in [0.05, 0.1) is 0 Å². The van der Waals surface area contributed by atoms with Gasteiger partial charge in [0.2, 0.25) is 5.91 Å². The molecule has 1 atom stereocenters. The molecule has 0 fully saturated rings. The number of alkyl halides is 3. The molecule has 0 spiro atoms. The van der Waals surface area contributed by atoms with Crippen molar-refractivity contribution in [1.29, 1.82) is 0 Å². The van der Waals surface area contributed by atoms with Crippen LogP contribution in [0.3, 0.4) is 0 Å². The quantitative estimate of drug-likeness (QED) is 0.886. The van der Waals surface area contributed by atoms with E-state index in [1.807, 2.05) is 5.32 Å². The number of hydrogen-bond donors (Lipinski definition) is 1. The molecule has 0 aliphatic heterocycles. The summed E-state index contributed by atoms with van der Waals surface area (Å²) < 4.78 is 38.7. The van der Waals surface area contributed by atoms with E-state index in [0.717, 1.165) is 5.56 Å². The SMILES string of the molecule is Cc1ccc(C(NC(=O)C(C)C)C(F)(F)F)cc1. The molecule has 0 heterocycles. The smallest absolute Gasteiger partial charge is 0.341 e. The first-order valence-electron chi connectivity index (χ1n) is 5.65. The molecule has 1 aromatic carbocycles. The summed E-state index contributed by atoms with van der Waals surface area (Å²) in [4.78, 5) is 11.4. The van der Waals surface area contributed by atoms with E-state index in [0.29, 0.717) is 0 Å². The van der Waals surface area contributed by atoms with Crippen LogP contribution in [0.5, 0.6) is 0 Å². The zero-order valence-electron chi connectivity index (χ0n) is 10.5. The number of aryl methyl sites for hydroxylation is 1. The Bertz CT molecular complexity index is 409. The van der Waals surface area contributed by atoms with Gasteiger partial charge < -0.3 is 5.32 Å². The molecule has 5 heteroatoms. The Morgan fingerprint density at radius 2 is 1.67 bits per heavy atom. The van der Waals surface area contributed by atoms with Crippen molar-refractivity contribution in [1.82, 2.24) is 5.32 Å². The first-order valence-corrected chi connectivity index (χ1v) is 5.65. The number of nitrogens with one attached hydrogen (secondary N) is 1.